The largest absolute Gasteiger partial charge is 0.381 e. The lowest BCUT2D eigenvalue weighted by molar-refractivity contribution is -0.0125. The Balaban J connectivity index is 1.85. The number of rotatable bonds is 1. The van der Waals surface area contributed by atoms with Crippen molar-refractivity contribution in [1.82, 2.24) is 0 Å². The van der Waals surface area contributed by atoms with Crippen molar-refractivity contribution in [1.29, 1.82) is 0 Å². The first-order valence-corrected chi connectivity index (χ1v) is 3.55. The molecular weight excluding hydrogens is 114 g/mol. The minimum Gasteiger partial charge on any atom is -0.381 e. The molecule has 2 aliphatic rings. The molecule has 0 heterocycles. The SMILES string of the molecule is COC1CC2(C1)CC2N. The molecule has 2 heteroatoms. The fraction of sp³-hybridized carbons (Fsp3) is 1.00. The van der Waals surface area contributed by atoms with Gasteiger partial charge in [0.25, 0.3) is 0 Å². The van der Waals surface area contributed by atoms with Gasteiger partial charge in [0.1, 0.15) is 0 Å². The van der Waals surface area contributed by atoms with Crippen molar-refractivity contribution in [2.24, 2.45) is 11.1 Å². The number of ether oxygens (including phenoxy) is 1. The summed E-state index contributed by atoms with van der Waals surface area (Å²) in [5.74, 6) is 0. The van der Waals surface area contributed by atoms with E-state index in [9.17, 15) is 0 Å². The third-order valence-corrected chi connectivity index (χ3v) is 2.85. The standard InChI is InChI=1S/C7H13NO/c1-9-5-2-7(3-5)4-6(7)8/h5-6H,2-4,8H2,1H3. The lowest BCUT2D eigenvalue weighted by Gasteiger charge is -2.35. The predicted molar refractivity (Wildman–Crippen MR) is 35.1 cm³/mol. The lowest BCUT2D eigenvalue weighted by atomic mass is 9.78. The van der Waals surface area contributed by atoms with Gasteiger partial charge in [-0.05, 0) is 24.7 Å². The van der Waals surface area contributed by atoms with Gasteiger partial charge in [-0.3, -0.25) is 0 Å². The molecule has 9 heavy (non-hydrogen) atoms. The van der Waals surface area contributed by atoms with E-state index >= 15 is 0 Å². The van der Waals surface area contributed by atoms with Crippen LogP contribution in [0.4, 0.5) is 0 Å². The second kappa shape index (κ2) is 1.50. The molecule has 0 radical (unpaired) electrons. The van der Waals surface area contributed by atoms with Gasteiger partial charge < -0.3 is 10.5 Å². The summed E-state index contributed by atoms with van der Waals surface area (Å²) in [4.78, 5) is 0. The number of nitrogens with two attached hydrogens (primary N) is 1. The van der Waals surface area contributed by atoms with Crippen LogP contribution in [-0.2, 0) is 4.74 Å². The van der Waals surface area contributed by atoms with Crippen molar-refractivity contribution in [3.63, 3.8) is 0 Å². The van der Waals surface area contributed by atoms with E-state index < -0.39 is 0 Å². The molecule has 0 aromatic heterocycles. The Kier molecular flexibility index (Phi) is 0.945. The van der Waals surface area contributed by atoms with Crippen LogP contribution in [0, 0.1) is 5.41 Å². The molecule has 1 spiro atoms. The van der Waals surface area contributed by atoms with Gasteiger partial charge in [-0.25, -0.2) is 0 Å². The quantitative estimate of drug-likeness (QED) is 0.557. The van der Waals surface area contributed by atoms with Gasteiger partial charge in [0.05, 0.1) is 6.10 Å². The molecule has 1 unspecified atom stereocenters. The number of hydrogen-bond donors (Lipinski definition) is 1. The Morgan fingerprint density at radius 1 is 1.44 bits per heavy atom. The topological polar surface area (TPSA) is 35.2 Å². The monoisotopic (exact) mass is 127 g/mol. The molecule has 1 atom stereocenters. The normalized spacial score (nSPS) is 55.3. The van der Waals surface area contributed by atoms with E-state index in [2.05, 4.69) is 0 Å². The fourth-order valence-electron chi connectivity index (χ4n) is 1.86. The molecule has 0 saturated heterocycles. The molecular formula is C7H13NO. The predicted octanol–water partition coefficient (Wildman–Crippen LogP) is 0.513. The highest BCUT2D eigenvalue weighted by Gasteiger charge is 2.60. The zero-order valence-electron chi connectivity index (χ0n) is 5.76. The smallest absolute Gasteiger partial charge is 0.0583 e. The van der Waals surface area contributed by atoms with E-state index in [1.807, 2.05) is 0 Å². The van der Waals surface area contributed by atoms with Crippen molar-refractivity contribution in [2.45, 2.75) is 31.4 Å². The average molecular weight is 127 g/mol. The fourth-order valence-corrected chi connectivity index (χ4v) is 1.86. The lowest BCUT2D eigenvalue weighted by Crippen LogP contribution is -2.35. The summed E-state index contributed by atoms with van der Waals surface area (Å²) in [6.07, 6.45) is 4.20. The van der Waals surface area contributed by atoms with Crippen LogP contribution in [0.25, 0.3) is 0 Å². The maximum Gasteiger partial charge on any atom is 0.0583 e. The summed E-state index contributed by atoms with van der Waals surface area (Å²) < 4.78 is 5.15. The highest BCUT2D eigenvalue weighted by molar-refractivity contribution is 5.14. The molecule has 0 amide bonds. The van der Waals surface area contributed by atoms with Crippen molar-refractivity contribution in [3.05, 3.63) is 0 Å². The Bertz CT molecular complexity index is 129. The zero-order valence-corrected chi connectivity index (χ0v) is 5.76. The minimum absolute atomic E-state index is 0.504. The van der Waals surface area contributed by atoms with Crippen LogP contribution in [0.1, 0.15) is 19.3 Å². The van der Waals surface area contributed by atoms with Gasteiger partial charge >= 0.3 is 0 Å². The highest BCUT2D eigenvalue weighted by Crippen LogP contribution is 2.60. The molecule has 0 aliphatic heterocycles. The van der Waals surface area contributed by atoms with Gasteiger partial charge in [0, 0.05) is 13.2 Å². The number of methoxy groups -OCH3 is 1. The first-order valence-electron chi connectivity index (χ1n) is 3.55. The van der Waals surface area contributed by atoms with E-state index in [-0.39, 0.29) is 0 Å². The Hall–Kier alpha value is -0.0800. The molecule has 0 bridgehead atoms. The first kappa shape index (κ1) is 5.69. The van der Waals surface area contributed by atoms with Crippen LogP contribution in [0.15, 0.2) is 0 Å². The first-order chi connectivity index (χ1) is 4.27. The van der Waals surface area contributed by atoms with Crippen molar-refractivity contribution < 1.29 is 4.74 Å². The molecule has 2 nitrogen and oxygen atoms in total. The highest BCUT2D eigenvalue weighted by atomic mass is 16.5. The van der Waals surface area contributed by atoms with E-state index in [0.29, 0.717) is 17.6 Å². The maximum atomic E-state index is 5.72. The van der Waals surface area contributed by atoms with Crippen molar-refractivity contribution in [2.75, 3.05) is 7.11 Å². The van der Waals surface area contributed by atoms with Crippen LogP contribution < -0.4 is 5.73 Å². The van der Waals surface area contributed by atoms with Crippen molar-refractivity contribution in [3.8, 4) is 0 Å². The van der Waals surface area contributed by atoms with Crippen LogP contribution >= 0.6 is 0 Å². The van der Waals surface area contributed by atoms with E-state index in [1.54, 1.807) is 7.11 Å². The Morgan fingerprint density at radius 2 is 2.00 bits per heavy atom. The van der Waals surface area contributed by atoms with Crippen LogP contribution in [0.2, 0.25) is 0 Å². The average Bonchev–Trinajstić information content (AvgIpc) is 2.37. The van der Waals surface area contributed by atoms with E-state index in [4.69, 9.17) is 10.5 Å². The van der Waals surface area contributed by atoms with Crippen molar-refractivity contribution >= 4 is 0 Å². The van der Waals surface area contributed by atoms with E-state index in [1.165, 1.54) is 19.3 Å². The molecule has 2 fully saturated rings. The summed E-state index contributed by atoms with van der Waals surface area (Å²) in [5.41, 5.74) is 6.28. The summed E-state index contributed by atoms with van der Waals surface area (Å²) in [7, 11) is 1.78. The van der Waals surface area contributed by atoms with Gasteiger partial charge in [0.15, 0.2) is 0 Å². The summed E-state index contributed by atoms with van der Waals surface area (Å²) >= 11 is 0. The third kappa shape index (κ3) is 0.634. The Labute approximate surface area is 55.4 Å². The van der Waals surface area contributed by atoms with Crippen LogP contribution in [0.5, 0.6) is 0 Å². The van der Waals surface area contributed by atoms with Gasteiger partial charge in [-0.1, -0.05) is 0 Å². The second-order valence-electron chi connectivity index (χ2n) is 3.44. The Morgan fingerprint density at radius 3 is 2.33 bits per heavy atom. The number of hydrogen-bond acceptors (Lipinski definition) is 2. The molecule has 0 aromatic rings. The molecule has 2 rings (SSSR count). The second-order valence-corrected chi connectivity index (χ2v) is 3.44. The van der Waals surface area contributed by atoms with Crippen LogP contribution in [-0.4, -0.2) is 19.3 Å². The van der Waals surface area contributed by atoms with Crippen LogP contribution in [0.3, 0.4) is 0 Å². The molecule has 52 valence electrons. The maximum absolute atomic E-state index is 5.72. The molecule has 0 aromatic carbocycles. The van der Waals surface area contributed by atoms with Gasteiger partial charge in [-0.15, -0.1) is 0 Å². The van der Waals surface area contributed by atoms with Gasteiger partial charge in [-0.2, -0.15) is 0 Å². The summed E-state index contributed by atoms with van der Waals surface area (Å²) in [6.45, 7) is 0. The summed E-state index contributed by atoms with van der Waals surface area (Å²) in [6, 6.07) is 0.504. The van der Waals surface area contributed by atoms with E-state index in [0.717, 1.165) is 0 Å². The summed E-state index contributed by atoms with van der Waals surface area (Å²) in [5, 5.41) is 0. The van der Waals surface area contributed by atoms with Gasteiger partial charge in [0.2, 0.25) is 0 Å². The molecule has 2 aliphatic carbocycles. The third-order valence-electron chi connectivity index (χ3n) is 2.85. The minimum atomic E-state index is 0.504. The molecule has 2 N–H and O–H groups in total. The zero-order chi connectivity index (χ0) is 6.48. The molecule has 2 saturated carbocycles.